The lowest BCUT2D eigenvalue weighted by Gasteiger charge is -2.13. The molecule has 0 fully saturated rings. The van der Waals surface area contributed by atoms with Gasteiger partial charge in [-0.15, -0.1) is 5.10 Å². The molecule has 0 saturated heterocycles. The Labute approximate surface area is 139 Å². The maximum absolute atomic E-state index is 12.3. The lowest BCUT2D eigenvalue weighted by Crippen LogP contribution is -2.24. The molecule has 0 unspecified atom stereocenters. The van der Waals surface area contributed by atoms with Crippen LogP contribution in [0, 0.1) is 0 Å². The number of sulfonamides is 1. The summed E-state index contributed by atoms with van der Waals surface area (Å²) in [6, 6.07) is 3.70. The van der Waals surface area contributed by atoms with Gasteiger partial charge in [-0.1, -0.05) is 0 Å². The summed E-state index contributed by atoms with van der Waals surface area (Å²) >= 11 is 0. The molecule has 3 rings (SSSR count). The van der Waals surface area contributed by atoms with Crippen molar-refractivity contribution in [3.8, 4) is 11.5 Å². The molecule has 0 atom stereocenters. The van der Waals surface area contributed by atoms with Crippen LogP contribution in [-0.4, -0.2) is 55.0 Å². The zero-order chi connectivity index (χ0) is 17.3. The fourth-order valence-electron chi connectivity index (χ4n) is 2.55. The van der Waals surface area contributed by atoms with Crippen molar-refractivity contribution < 1.29 is 17.9 Å². The summed E-state index contributed by atoms with van der Waals surface area (Å²) in [5.74, 6) is 1.21. The van der Waals surface area contributed by atoms with Crippen molar-refractivity contribution in [3.63, 3.8) is 0 Å². The molecule has 0 aliphatic heterocycles. The number of hydrogen-bond donors (Lipinski definition) is 1. The van der Waals surface area contributed by atoms with Crippen LogP contribution >= 0.6 is 0 Å². The summed E-state index contributed by atoms with van der Waals surface area (Å²) in [6.07, 6.45) is 2.58. The summed E-state index contributed by atoms with van der Waals surface area (Å²) < 4.78 is 36.2. The first-order chi connectivity index (χ1) is 11.5. The van der Waals surface area contributed by atoms with E-state index >= 15 is 0 Å². The first kappa shape index (κ1) is 16.2. The average molecular weight is 351 g/mol. The molecule has 0 spiro atoms. The molecule has 0 saturated carbocycles. The lowest BCUT2D eigenvalue weighted by molar-refractivity contribution is 0.354. The molecule has 1 heterocycles. The minimum atomic E-state index is -3.88. The fourth-order valence-corrected chi connectivity index (χ4v) is 3.35. The van der Waals surface area contributed by atoms with Crippen LogP contribution in [-0.2, 0) is 16.4 Å². The van der Waals surface area contributed by atoms with E-state index < -0.39 is 10.0 Å². The molecule has 0 amide bonds. The molecule has 24 heavy (non-hydrogen) atoms. The first-order valence-corrected chi connectivity index (χ1v) is 8.59. The van der Waals surface area contributed by atoms with Crippen LogP contribution in [0.2, 0.25) is 0 Å². The number of aromatic amines is 1. The Kier molecular flexibility index (Phi) is 4.14. The quantitative estimate of drug-likeness (QED) is 0.798. The number of rotatable bonds is 5. The molecular formula is C14H17N5O4S. The van der Waals surface area contributed by atoms with Crippen molar-refractivity contribution in [2.45, 2.75) is 18.0 Å². The lowest BCUT2D eigenvalue weighted by atomic mass is 10.1. The van der Waals surface area contributed by atoms with E-state index in [1.807, 2.05) is 12.1 Å². The van der Waals surface area contributed by atoms with Crippen molar-refractivity contribution in [2.75, 3.05) is 21.3 Å². The van der Waals surface area contributed by atoms with Gasteiger partial charge in [0.05, 0.1) is 19.9 Å². The number of nitrogens with zero attached hydrogens (tertiary/aromatic N) is 4. The number of aryl methyl sites for hydroxylation is 1. The average Bonchev–Trinajstić information content (AvgIpc) is 3.24. The molecule has 128 valence electrons. The Bertz CT molecular complexity index is 877. The number of ether oxygens (including phenoxy) is 2. The van der Waals surface area contributed by atoms with E-state index in [1.165, 1.54) is 13.4 Å². The van der Waals surface area contributed by atoms with Gasteiger partial charge in [-0.3, -0.25) is 5.10 Å². The molecule has 1 aliphatic carbocycles. The van der Waals surface area contributed by atoms with Crippen molar-refractivity contribution in [2.24, 2.45) is 5.10 Å². The van der Waals surface area contributed by atoms with Crippen LogP contribution in [0.1, 0.15) is 17.5 Å². The highest BCUT2D eigenvalue weighted by Gasteiger charge is 2.27. The number of aromatic nitrogens is 3. The Morgan fingerprint density at radius 3 is 2.54 bits per heavy atom. The summed E-state index contributed by atoms with van der Waals surface area (Å²) in [4.78, 5) is 3.68. The minimum Gasteiger partial charge on any atom is -0.493 e. The van der Waals surface area contributed by atoms with E-state index in [-0.39, 0.29) is 5.16 Å². The predicted molar refractivity (Wildman–Crippen MR) is 85.7 cm³/mol. The predicted octanol–water partition coefficient (Wildman–Crippen LogP) is 0.793. The Hall–Kier alpha value is -2.62. The minimum absolute atomic E-state index is 0.320. The highest BCUT2D eigenvalue weighted by molar-refractivity contribution is 7.88. The molecular weight excluding hydrogens is 334 g/mol. The maximum Gasteiger partial charge on any atom is 0.316 e. The number of methoxy groups -OCH3 is 2. The molecule has 0 bridgehead atoms. The van der Waals surface area contributed by atoms with Crippen molar-refractivity contribution >= 4 is 15.7 Å². The zero-order valence-electron chi connectivity index (χ0n) is 13.5. The number of hydrogen-bond acceptors (Lipinski definition) is 7. The topological polar surface area (TPSA) is 110 Å². The molecule has 0 radical (unpaired) electrons. The fraction of sp³-hybridized carbons (Fsp3) is 0.357. The number of fused-ring (bicyclic) bond motifs is 1. The van der Waals surface area contributed by atoms with Crippen LogP contribution in [0.3, 0.4) is 0 Å². The molecule has 2 aromatic rings. The molecule has 1 aromatic carbocycles. The molecule has 1 N–H and O–H groups in total. The van der Waals surface area contributed by atoms with Gasteiger partial charge in [-0.05, 0) is 30.5 Å². The van der Waals surface area contributed by atoms with E-state index in [1.54, 1.807) is 14.2 Å². The monoisotopic (exact) mass is 351 g/mol. The third-order valence-corrected chi connectivity index (χ3v) is 5.22. The van der Waals surface area contributed by atoms with Crippen LogP contribution in [0.15, 0.2) is 28.7 Å². The second-order valence-electron chi connectivity index (χ2n) is 5.13. The number of H-pyrrole nitrogens is 1. The SMILES string of the molecule is COc1cc2c(cc1OC)/C(=N\N(C)S(=O)(=O)c1nc[nH]n1)CC2. The van der Waals surface area contributed by atoms with Crippen LogP contribution in [0.5, 0.6) is 11.5 Å². The molecule has 1 aliphatic rings. The third kappa shape index (κ3) is 2.68. The molecule has 1 aromatic heterocycles. The van der Waals surface area contributed by atoms with E-state index in [0.29, 0.717) is 23.6 Å². The van der Waals surface area contributed by atoms with E-state index in [2.05, 4.69) is 20.3 Å². The van der Waals surface area contributed by atoms with Gasteiger partial charge in [-0.25, -0.2) is 4.98 Å². The summed E-state index contributed by atoms with van der Waals surface area (Å²) in [5, 5.41) is 9.92. The second kappa shape index (κ2) is 6.11. The number of benzene rings is 1. The summed E-state index contributed by atoms with van der Waals surface area (Å²) in [6.45, 7) is 0. The van der Waals surface area contributed by atoms with Gasteiger partial charge in [-0.2, -0.15) is 17.9 Å². The van der Waals surface area contributed by atoms with Gasteiger partial charge in [0, 0.05) is 12.6 Å². The molecule has 10 heteroatoms. The van der Waals surface area contributed by atoms with Gasteiger partial charge in [0.15, 0.2) is 11.5 Å². The van der Waals surface area contributed by atoms with Gasteiger partial charge in [0.25, 0.3) is 5.16 Å². The van der Waals surface area contributed by atoms with E-state index in [4.69, 9.17) is 9.47 Å². The molecule has 9 nitrogen and oxygen atoms in total. The largest absolute Gasteiger partial charge is 0.493 e. The summed E-state index contributed by atoms with van der Waals surface area (Å²) in [7, 11) is 0.607. The van der Waals surface area contributed by atoms with Crippen LogP contribution in [0.4, 0.5) is 0 Å². The van der Waals surface area contributed by atoms with Crippen LogP contribution in [0.25, 0.3) is 0 Å². The first-order valence-electron chi connectivity index (χ1n) is 7.15. The van der Waals surface area contributed by atoms with Gasteiger partial charge in [0.1, 0.15) is 6.33 Å². The number of nitrogens with one attached hydrogen (secondary N) is 1. The van der Waals surface area contributed by atoms with Gasteiger partial charge >= 0.3 is 10.0 Å². The van der Waals surface area contributed by atoms with Crippen molar-refractivity contribution in [3.05, 3.63) is 29.6 Å². The zero-order valence-corrected chi connectivity index (χ0v) is 14.3. The van der Waals surface area contributed by atoms with E-state index in [9.17, 15) is 8.42 Å². The van der Waals surface area contributed by atoms with Crippen molar-refractivity contribution in [1.82, 2.24) is 19.6 Å². The van der Waals surface area contributed by atoms with Crippen molar-refractivity contribution in [1.29, 1.82) is 0 Å². The Balaban J connectivity index is 1.97. The number of hydrazone groups is 1. The van der Waals surface area contributed by atoms with Gasteiger partial charge in [0.2, 0.25) is 0 Å². The highest BCUT2D eigenvalue weighted by atomic mass is 32.2. The second-order valence-corrected chi connectivity index (χ2v) is 6.98. The third-order valence-electron chi connectivity index (χ3n) is 3.78. The van der Waals surface area contributed by atoms with Gasteiger partial charge < -0.3 is 9.47 Å². The Morgan fingerprint density at radius 1 is 1.21 bits per heavy atom. The summed E-state index contributed by atoms with van der Waals surface area (Å²) in [5.41, 5.74) is 2.55. The normalized spacial score (nSPS) is 15.4. The van der Waals surface area contributed by atoms with Crippen LogP contribution < -0.4 is 9.47 Å². The smallest absolute Gasteiger partial charge is 0.316 e. The Morgan fingerprint density at radius 2 is 1.92 bits per heavy atom. The van der Waals surface area contributed by atoms with E-state index in [0.717, 1.165) is 22.0 Å². The highest BCUT2D eigenvalue weighted by Crippen LogP contribution is 2.35. The maximum atomic E-state index is 12.3. The standard InChI is InChI=1S/C14H17N5O4S/c1-19(24(20,21)14-15-8-16-17-14)18-11-5-4-9-6-12(22-2)13(23-3)7-10(9)11/h6-8H,4-5H2,1-3H3,(H,15,16,17)/b18-11-.